The van der Waals surface area contributed by atoms with Gasteiger partial charge in [0.1, 0.15) is 18.2 Å². The van der Waals surface area contributed by atoms with Gasteiger partial charge in [0, 0.05) is 10.0 Å². The Kier molecular flexibility index (Phi) is 6.43. The Morgan fingerprint density at radius 1 is 1.08 bits per heavy atom. The van der Waals surface area contributed by atoms with Gasteiger partial charge < -0.3 is 18.9 Å². The molecule has 0 spiro atoms. The molecule has 0 saturated heterocycles. The Morgan fingerprint density at radius 3 is 2.33 bits per heavy atom. The molecule has 2 aromatic carbocycles. The van der Waals surface area contributed by atoms with Crippen molar-refractivity contribution in [3.05, 3.63) is 52.3 Å². The second kappa shape index (κ2) is 8.54. The van der Waals surface area contributed by atoms with Crippen LogP contribution in [0, 0.1) is 5.82 Å². The molecule has 0 aromatic heterocycles. The molecule has 0 aliphatic heterocycles. The molecule has 0 aliphatic carbocycles. The highest BCUT2D eigenvalue weighted by atomic mass is 79.9. The Morgan fingerprint density at radius 2 is 1.71 bits per heavy atom. The molecule has 2 aromatic rings. The first-order valence-corrected chi connectivity index (χ1v) is 7.77. The van der Waals surface area contributed by atoms with Crippen LogP contribution in [0.4, 0.5) is 4.39 Å². The number of methoxy groups -OCH3 is 2. The predicted molar refractivity (Wildman–Crippen MR) is 88.9 cm³/mol. The van der Waals surface area contributed by atoms with E-state index >= 15 is 0 Å². The summed E-state index contributed by atoms with van der Waals surface area (Å²) in [6, 6.07) is 8.83. The van der Waals surface area contributed by atoms with Crippen LogP contribution in [0.2, 0.25) is 0 Å². The number of carbonyl (C=O) groups is 1. The van der Waals surface area contributed by atoms with Gasteiger partial charge in [0.2, 0.25) is 0 Å². The molecule has 0 aliphatic rings. The van der Waals surface area contributed by atoms with Gasteiger partial charge in [-0.05, 0) is 36.4 Å². The number of rotatable bonds is 7. The van der Waals surface area contributed by atoms with Crippen LogP contribution in [0.1, 0.15) is 5.56 Å². The normalized spacial score (nSPS) is 10.2. The first kappa shape index (κ1) is 18.1. The lowest BCUT2D eigenvalue weighted by atomic mass is 10.2. The van der Waals surface area contributed by atoms with Crippen molar-refractivity contribution in [2.45, 2.75) is 6.61 Å². The third-order valence-electron chi connectivity index (χ3n) is 3.11. The van der Waals surface area contributed by atoms with Gasteiger partial charge in [0.05, 0.1) is 14.2 Å². The van der Waals surface area contributed by atoms with Crippen molar-refractivity contribution in [2.24, 2.45) is 0 Å². The van der Waals surface area contributed by atoms with E-state index in [1.54, 1.807) is 12.1 Å². The topological polar surface area (TPSA) is 54.0 Å². The molecule has 0 heterocycles. The molecule has 0 bridgehead atoms. The van der Waals surface area contributed by atoms with E-state index in [1.807, 2.05) is 0 Å². The molecule has 0 atom stereocenters. The molecule has 0 radical (unpaired) electrons. The van der Waals surface area contributed by atoms with Gasteiger partial charge in [-0.3, -0.25) is 0 Å². The molecular weight excluding hydrogens is 383 g/mol. The van der Waals surface area contributed by atoms with Crippen LogP contribution in [0.5, 0.6) is 17.2 Å². The quantitative estimate of drug-likeness (QED) is 0.665. The van der Waals surface area contributed by atoms with E-state index in [0.717, 1.165) is 10.0 Å². The molecule has 0 N–H and O–H groups in total. The minimum Gasteiger partial charge on any atom is -0.493 e. The highest BCUT2D eigenvalue weighted by Gasteiger charge is 2.12. The van der Waals surface area contributed by atoms with Gasteiger partial charge in [-0.25, -0.2) is 9.18 Å². The van der Waals surface area contributed by atoms with Crippen molar-refractivity contribution in [3.63, 3.8) is 0 Å². The summed E-state index contributed by atoms with van der Waals surface area (Å²) in [6.45, 7) is -0.219. The number of halogens is 2. The van der Waals surface area contributed by atoms with E-state index in [9.17, 15) is 9.18 Å². The monoisotopic (exact) mass is 398 g/mol. The van der Waals surface area contributed by atoms with E-state index in [0.29, 0.717) is 17.2 Å². The fourth-order valence-electron chi connectivity index (χ4n) is 1.88. The van der Waals surface area contributed by atoms with Gasteiger partial charge in [-0.1, -0.05) is 15.9 Å². The summed E-state index contributed by atoms with van der Waals surface area (Å²) in [7, 11) is 3.06. The Hall–Kier alpha value is -2.28. The number of benzene rings is 2. The van der Waals surface area contributed by atoms with Gasteiger partial charge in [-0.2, -0.15) is 0 Å². The van der Waals surface area contributed by atoms with Crippen molar-refractivity contribution in [1.29, 1.82) is 0 Å². The zero-order valence-corrected chi connectivity index (χ0v) is 14.8. The molecule has 0 saturated carbocycles. The summed E-state index contributed by atoms with van der Waals surface area (Å²) in [4.78, 5) is 11.8. The lowest BCUT2D eigenvalue weighted by Gasteiger charge is -2.12. The van der Waals surface area contributed by atoms with Gasteiger partial charge in [0.25, 0.3) is 0 Å². The van der Waals surface area contributed by atoms with Crippen molar-refractivity contribution in [3.8, 4) is 17.2 Å². The van der Waals surface area contributed by atoms with Crippen LogP contribution in [0.3, 0.4) is 0 Å². The Bertz CT molecular complexity index is 703. The highest BCUT2D eigenvalue weighted by Crippen LogP contribution is 2.33. The first-order valence-electron chi connectivity index (χ1n) is 6.98. The summed E-state index contributed by atoms with van der Waals surface area (Å²) < 4.78 is 34.3. The maximum absolute atomic E-state index is 12.8. The molecule has 5 nitrogen and oxygen atoms in total. The molecule has 0 unspecified atom stereocenters. The maximum atomic E-state index is 12.8. The van der Waals surface area contributed by atoms with Crippen LogP contribution in [-0.2, 0) is 16.1 Å². The second-order valence-corrected chi connectivity index (χ2v) is 5.56. The minimum absolute atomic E-state index is 0.0482. The van der Waals surface area contributed by atoms with Crippen LogP contribution in [0.25, 0.3) is 0 Å². The predicted octanol–water partition coefficient (Wildman–Crippen LogP) is 3.73. The summed E-state index contributed by atoms with van der Waals surface area (Å²) >= 11 is 3.39. The molecule has 0 amide bonds. The third kappa shape index (κ3) is 4.86. The summed E-state index contributed by atoms with van der Waals surface area (Å²) in [5, 5.41) is 0. The molecule has 0 fully saturated rings. The number of ether oxygens (including phenoxy) is 4. The minimum atomic E-state index is -0.541. The van der Waals surface area contributed by atoms with E-state index in [2.05, 4.69) is 15.9 Å². The average Bonchev–Trinajstić information content (AvgIpc) is 2.59. The number of esters is 1. The lowest BCUT2D eigenvalue weighted by Crippen LogP contribution is -2.15. The van der Waals surface area contributed by atoms with Crippen LogP contribution in [-0.4, -0.2) is 26.8 Å². The summed E-state index contributed by atoms with van der Waals surface area (Å²) in [6.07, 6.45) is 0. The molecule has 2 rings (SSSR count). The fourth-order valence-corrected chi connectivity index (χ4v) is 2.32. The maximum Gasteiger partial charge on any atom is 0.344 e. The molecule has 7 heteroatoms. The van der Waals surface area contributed by atoms with Crippen molar-refractivity contribution in [2.75, 3.05) is 20.8 Å². The standard InChI is InChI=1S/C17H16BrFO5/c1-21-15-7-11(14(18)8-16(15)22-2)9-24-17(20)10-23-13-5-3-12(19)4-6-13/h3-8H,9-10H2,1-2H3. The number of hydrogen-bond donors (Lipinski definition) is 0. The molecular formula is C17H16BrFO5. The molecule has 24 heavy (non-hydrogen) atoms. The first-order chi connectivity index (χ1) is 11.5. The summed E-state index contributed by atoms with van der Waals surface area (Å²) in [5.74, 6) is 0.582. The van der Waals surface area contributed by atoms with Crippen molar-refractivity contribution < 1.29 is 28.1 Å². The van der Waals surface area contributed by atoms with Crippen LogP contribution < -0.4 is 14.2 Å². The average molecular weight is 399 g/mol. The lowest BCUT2D eigenvalue weighted by molar-refractivity contribution is -0.147. The SMILES string of the molecule is COc1cc(Br)c(COC(=O)COc2ccc(F)cc2)cc1OC. The zero-order valence-electron chi connectivity index (χ0n) is 13.2. The summed E-state index contributed by atoms with van der Waals surface area (Å²) in [5.41, 5.74) is 0.725. The largest absolute Gasteiger partial charge is 0.493 e. The Balaban J connectivity index is 1.90. The number of carbonyl (C=O) groups excluding carboxylic acids is 1. The van der Waals surface area contributed by atoms with E-state index in [1.165, 1.54) is 38.5 Å². The fraction of sp³-hybridized carbons (Fsp3) is 0.235. The van der Waals surface area contributed by atoms with Crippen molar-refractivity contribution in [1.82, 2.24) is 0 Å². The van der Waals surface area contributed by atoms with E-state index in [4.69, 9.17) is 18.9 Å². The number of hydrogen-bond acceptors (Lipinski definition) is 5. The van der Waals surface area contributed by atoms with Crippen LogP contribution >= 0.6 is 15.9 Å². The third-order valence-corrected chi connectivity index (χ3v) is 3.85. The molecule has 128 valence electrons. The van der Waals surface area contributed by atoms with Gasteiger partial charge in [-0.15, -0.1) is 0 Å². The second-order valence-electron chi connectivity index (χ2n) is 4.70. The zero-order chi connectivity index (χ0) is 17.5. The Labute approximate surface area is 147 Å². The van der Waals surface area contributed by atoms with Gasteiger partial charge >= 0.3 is 5.97 Å². The van der Waals surface area contributed by atoms with Crippen LogP contribution in [0.15, 0.2) is 40.9 Å². The van der Waals surface area contributed by atoms with E-state index in [-0.39, 0.29) is 19.0 Å². The smallest absolute Gasteiger partial charge is 0.344 e. The van der Waals surface area contributed by atoms with Crippen molar-refractivity contribution >= 4 is 21.9 Å². The highest BCUT2D eigenvalue weighted by molar-refractivity contribution is 9.10. The van der Waals surface area contributed by atoms with E-state index < -0.39 is 5.97 Å². The van der Waals surface area contributed by atoms with Gasteiger partial charge in [0.15, 0.2) is 18.1 Å².